The van der Waals surface area contributed by atoms with Gasteiger partial charge in [-0.15, -0.1) is 0 Å². The summed E-state index contributed by atoms with van der Waals surface area (Å²) < 4.78 is 11.4. The van der Waals surface area contributed by atoms with Gasteiger partial charge < -0.3 is 4.90 Å². The molecule has 4 heteroatoms. The van der Waals surface area contributed by atoms with Crippen molar-refractivity contribution in [2.45, 2.75) is 23.8 Å². The van der Waals surface area contributed by atoms with Crippen molar-refractivity contribution in [1.82, 2.24) is 4.90 Å². The molecular weight excluding hydrogens is 222 g/mol. The number of nitrogens with zero attached hydrogens (tertiary/aromatic N) is 1. The van der Waals surface area contributed by atoms with Crippen LogP contribution in [0.3, 0.4) is 0 Å². The Morgan fingerprint density at radius 1 is 1.44 bits per heavy atom. The third-order valence-corrected chi connectivity index (χ3v) is 3.99. The SMILES string of the molecule is CN1C(=O)CCC1c1cccc(S(C)=O)c1. The highest BCUT2D eigenvalue weighted by molar-refractivity contribution is 7.84. The van der Waals surface area contributed by atoms with Gasteiger partial charge in [-0.25, -0.2) is 0 Å². The number of carbonyl (C=O) groups excluding carboxylic acids is 1. The van der Waals surface area contributed by atoms with E-state index in [4.69, 9.17) is 0 Å². The van der Waals surface area contributed by atoms with E-state index in [0.29, 0.717) is 6.42 Å². The van der Waals surface area contributed by atoms with Crippen molar-refractivity contribution in [1.29, 1.82) is 0 Å². The molecule has 1 aromatic carbocycles. The Morgan fingerprint density at radius 3 is 2.75 bits per heavy atom. The second-order valence-electron chi connectivity index (χ2n) is 4.09. The fraction of sp³-hybridized carbons (Fsp3) is 0.417. The summed E-state index contributed by atoms with van der Waals surface area (Å²) in [5.74, 6) is 0.188. The maximum Gasteiger partial charge on any atom is 0.222 e. The van der Waals surface area contributed by atoms with Gasteiger partial charge in [0, 0.05) is 35.4 Å². The molecule has 2 atom stereocenters. The summed E-state index contributed by atoms with van der Waals surface area (Å²) in [7, 11) is 0.866. The molecule has 1 amide bonds. The van der Waals surface area contributed by atoms with E-state index in [1.54, 1.807) is 11.2 Å². The molecule has 1 fully saturated rings. The highest BCUT2D eigenvalue weighted by atomic mass is 32.2. The normalized spacial score (nSPS) is 22.5. The lowest BCUT2D eigenvalue weighted by Gasteiger charge is -2.20. The van der Waals surface area contributed by atoms with Gasteiger partial charge in [-0.1, -0.05) is 12.1 Å². The highest BCUT2D eigenvalue weighted by Crippen LogP contribution is 2.31. The number of rotatable bonds is 2. The summed E-state index contributed by atoms with van der Waals surface area (Å²) in [4.78, 5) is 14.0. The van der Waals surface area contributed by atoms with Crippen molar-refractivity contribution >= 4 is 16.7 Å². The first-order valence-electron chi connectivity index (χ1n) is 5.28. The van der Waals surface area contributed by atoms with Crippen LogP contribution in [0.5, 0.6) is 0 Å². The topological polar surface area (TPSA) is 37.4 Å². The average Bonchev–Trinajstić information content (AvgIpc) is 2.60. The summed E-state index contributed by atoms with van der Waals surface area (Å²) in [6, 6.07) is 7.85. The van der Waals surface area contributed by atoms with Crippen molar-refractivity contribution in [3.63, 3.8) is 0 Å². The van der Waals surface area contributed by atoms with Crippen LogP contribution in [-0.4, -0.2) is 28.3 Å². The zero-order valence-corrected chi connectivity index (χ0v) is 10.3. The minimum absolute atomic E-state index is 0.149. The molecule has 0 aliphatic carbocycles. The van der Waals surface area contributed by atoms with Crippen molar-refractivity contribution < 1.29 is 9.00 Å². The standard InChI is InChI=1S/C12H15NO2S/c1-13-11(6-7-12(13)14)9-4-3-5-10(8-9)16(2)15/h3-5,8,11H,6-7H2,1-2H3. The minimum Gasteiger partial charge on any atom is -0.339 e. The number of amides is 1. The maximum absolute atomic E-state index is 11.4. The zero-order valence-electron chi connectivity index (χ0n) is 9.47. The van der Waals surface area contributed by atoms with Gasteiger partial charge in [0.05, 0.1) is 6.04 Å². The van der Waals surface area contributed by atoms with Gasteiger partial charge in [-0.3, -0.25) is 9.00 Å². The molecule has 0 aromatic heterocycles. The molecule has 1 aliphatic rings. The first kappa shape index (κ1) is 11.3. The maximum atomic E-state index is 11.4. The predicted octanol–water partition coefficient (Wildman–Crippen LogP) is 1.72. The third-order valence-electron chi connectivity index (χ3n) is 3.07. The Labute approximate surface area is 97.9 Å². The van der Waals surface area contributed by atoms with E-state index in [2.05, 4.69) is 0 Å². The summed E-state index contributed by atoms with van der Waals surface area (Å²) in [5.41, 5.74) is 1.08. The van der Waals surface area contributed by atoms with Crippen molar-refractivity contribution in [2.24, 2.45) is 0 Å². The lowest BCUT2D eigenvalue weighted by molar-refractivity contribution is -0.127. The van der Waals surface area contributed by atoms with Crippen LogP contribution in [0, 0.1) is 0 Å². The lowest BCUT2D eigenvalue weighted by Crippen LogP contribution is -2.22. The van der Waals surface area contributed by atoms with Crippen LogP contribution in [-0.2, 0) is 15.6 Å². The van der Waals surface area contributed by atoms with Crippen molar-refractivity contribution in [3.05, 3.63) is 29.8 Å². The smallest absolute Gasteiger partial charge is 0.222 e. The van der Waals surface area contributed by atoms with Crippen LogP contribution < -0.4 is 0 Å². The van der Waals surface area contributed by atoms with E-state index >= 15 is 0 Å². The third kappa shape index (κ3) is 2.02. The molecule has 1 saturated heterocycles. The zero-order chi connectivity index (χ0) is 11.7. The lowest BCUT2D eigenvalue weighted by atomic mass is 10.1. The summed E-state index contributed by atoms with van der Waals surface area (Å²) in [5, 5.41) is 0. The Balaban J connectivity index is 2.31. The molecule has 1 aromatic rings. The molecule has 0 N–H and O–H groups in total. The summed E-state index contributed by atoms with van der Waals surface area (Å²) >= 11 is 0. The molecule has 0 radical (unpaired) electrons. The molecule has 3 nitrogen and oxygen atoms in total. The van der Waals surface area contributed by atoms with Gasteiger partial charge in [0.25, 0.3) is 0 Å². The molecule has 2 rings (SSSR count). The van der Waals surface area contributed by atoms with Crippen LogP contribution in [0.4, 0.5) is 0 Å². The monoisotopic (exact) mass is 237 g/mol. The molecule has 0 spiro atoms. The quantitative estimate of drug-likeness (QED) is 0.785. The van der Waals surface area contributed by atoms with Gasteiger partial charge in [-0.05, 0) is 24.1 Å². The van der Waals surface area contributed by atoms with Gasteiger partial charge >= 0.3 is 0 Å². The van der Waals surface area contributed by atoms with Gasteiger partial charge in [0.1, 0.15) is 0 Å². The Hall–Kier alpha value is -1.16. The van der Waals surface area contributed by atoms with E-state index in [9.17, 15) is 9.00 Å². The van der Waals surface area contributed by atoms with E-state index in [1.165, 1.54) is 0 Å². The van der Waals surface area contributed by atoms with E-state index < -0.39 is 10.8 Å². The van der Waals surface area contributed by atoms with E-state index in [0.717, 1.165) is 16.9 Å². The van der Waals surface area contributed by atoms with Gasteiger partial charge in [0.2, 0.25) is 5.91 Å². The van der Waals surface area contributed by atoms with Crippen LogP contribution in [0.1, 0.15) is 24.4 Å². The van der Waals surface area contributed by atoms with Gasteiger partial charge in [-0.2, -0.15) is 0 Å². The molecule has 2 unspecified atom stereocenters. The van der Waals surface area contributed by atoms with Crippen LogP contribution in [0.15, 0.2) is 29.2 Å². The van der Waals surface area contributed by atoms with Crippen LogP contribution in [0.25, 0.3) is 0 Å². The first-order chi connectivity index (χ1) is 7.59. The summed E-state index contributed by atoms with van der Waals surface area (Å²) in [6.07, 6.45) is 3.14. The van der Waals surface area contributed by atoms with Gasteiger partial charge in [0.15, 0.2) is 0 Å². The molecule has 1 heterocycles. The second kappa shape index (κ2) is 4.37. The summed E-state index contributed by atoms with van der Waals surface area (Å²) in [6.45, 7) is 0. The second-order valence-corrected chi connectivity index (χ2v) is 5.47. The fourth-order valence-corrected chi connectivity index (χ4v) is 2.67. The van der Waals surface area contributed by atoms with Crippen LogP contribution >= 0.6 is 0 Å². The molecule has 16 heavy (non-hydrogen) atoms. The fourth-order valence-electron chi connectivity index (χ4n) is 2.09. The number of carbonyl (C=O) groups is 1. The molecule has 0 saturated carbocycles. The number of benzene rings is 1. The average molecular weight is 237 g/mol. The van der Waals surface area contributed by atoms with Crippen molar-refractivity contribution in [2.75, 3.05) is 13.3 Å². The molecular formula is C12H15NO2S. The highest BCUT2D eigenvalue weighted by Gasteiger charge is 2.28. The van der Waals surface area contributed by atoms with Crippen molar-refractivity contribution in [3.8, 4) is 0 Å². The predicted molar refractivity (Wildman–Crippen MR) is 63.5 cm³/mol. The molecule has 86 valence electrons. The number of hydrogen-bond donors (Lipinski definition) is 0. The Morgan fingerprint density at radius 2 is 2.19 bits per heavy atom. The Kier molecular flexibility index (Phi) is 3.10. The number of likely N-dealkylation sites (tertiary alicyclic amines) is 1. The first-order valence-corrected chi connectivity index (χ1v) is 6.84. The molecule has 1 aliphatic heterocycles. The molecule has 0 bridgehead atoms. The number of hydrogen-bond acceptors (Lipinski definition) is 2. The Bertz CT molecular complexity index is 444. The van der Waals surface area contributed by atoms with E-state index in [1.807, 2.05) is 31.3 Å². The van der Waals surface area contributed by atoms with E-state index in [-0.39, 0.29) is 11.9 Å². The minimum atomic E-state index is -0.963. The van der Waals surface area contributed by atoms with Crippen LogP contribution in [0.2, 0.25) is 0 Å². The largest absolute Gasteiger partial charge is 0.339 e.